The Morgan fingerprint density at radius 3 is 2.29 bits per heavy atom. The van der Waals surface area contributed by atoms with Crippen LogP contribution in [0.1, 0.15) is 25.1 Å². The predicted molar refractivity (Wildman–Crippen MR) is 252 cm³/mol. The molecule has 41 heteroatoms. The normalized spacial score (nSPS) is 30.0. The number of carbonyl (C=O) groups is 1. The van der Waals surface area contributed by atoms with E-state index in [1.54, 1.807) is 0 Å². The smallest absolute Gasteiger partial charge is 0.488 e. The van der Waals surface area contributed by atoms with E-state index in [0.717, 1.165) is 41.2 Å². The lowest BCUT2D eigenvalue weighted by molar-refractivity contribution is -0.745. The Morgan fingerprint density at radius 2 is 1.61 bits per heavy atom. The van der Waals surface area contributed by atoms with Crippen LogP contribution in [0.15, 0.2) is 45.6 Å². The first-order valence-electron chi connectivity index (χ1n) is 21.9. The molecule has 8 heterocycles. The molecule has 3 aliphatic heterocycles. The van der Waals surface area contributed by atoms with Crippen LogP contribution in [0, 0.1) is 5.92 Å². The monoisotopic (exact) mass is 1180 g/mol. The highest BCUT2D eigenvalue weighted by Gasteiger charge is 2.55. The lowest BCUT2D eigenvalue weighted by Crippen LogP contribution is -2.45. The minimum absolute atomic E-state index is 0.0131. The fourth-order valence-electron chi connectivity index (χ4n) is 8.70. The van der Waals surface area contributed by atoms with Crippen LogP contribution in [0.5, 0.6) is 0 Å². The lowest BCUT2D eigenvalue weighted by atomic mass is 9.94. The number of phosphoric ester groups is 1. The zero-order valence-electron chi connectivity index (χ0n) is 39.6. The summed E-state index contributed by atoms with van der Waals surface area (Å²) in [6.07, 6.45) is -12.5. The number of aliphatic hydroxyl groups is 3. The van der Waals surface area contributed by atoms with Gasteiger partial charge in [0.15, 0.2) is 30.2 Å². The Balaban J connectivity index is 0.969. The molecule has 5 aromatic heterocycles. The van der Waals surface area contributed by atoms with E-state index >= 15 is 0 Å². The number of nitrogens with zero attached hydrogens (tertiary/aromatic N) is 9. The number of aromatic amines is 2. The van der Waals surface area contributed by atoms with Gasteiger partial charge in [-0.25, -0.2) is 38.0 Å². The summed E-state index contributed by atoms with van der Waals surface area (Å²) in [5.74, 6) is -2.71. The number of imidazole rings is 2. The Morgan fingerprint density at radius 1 is 0.908 bits per heavy atom. The molecule has 8 rings (SSSR count). The number of aryl methyl sites for hydroxylation is 1. The minimum Gasteiger partial charge on any atom is -0.778 e. The number of ether oxygens (including phenoxy) is 4. The Labute approximate surface area is 428 Å². The van der Waals surface area contributed by atoms with E-state index in [1.807, 2.05) is 4.98 Å². The van der Waals surface area contributed by atoms with Gasteiger partial charge in [-0.1, -0.05) is 4.98 Å². The van der Waals surface area contributed by atoms with Crippen molar-refractivity contribution < 1.29 is 99.1 Å². The summed E-state index contributed by atoms with van der Waals surface area (Å²) < 4.78 is 101. The fraction of sp³-hybridized carbons (Fsp3) is 0.571. The maximum Gasteiger partial charge on any atom is 0.488 e. The van der Waals surface area contributed by atoms with Gasteiger partial charge < -0.3 is 79.3 Å². The van der Waals surface area contributed by atoms with E-state index in [0.29, 0.717) is 0 Å². The average molecular weight is 1180 g/mol. The number of methoxy groups -OCH3 is 1. The molecule has 418 valence electrons. The summed E-state index contributed by atoms with van der Waals surface area (Å²) in [5.41, 5.74) is 7.08. The van der Waals surface area contributed by atoms with Crippen LogP contribution in [0.25, 0.3) is 22.3 Å². The topological polar surface area (TPSA) is 512 Å². The number of aromatic nitrogens is 10. The average Bonchev–Trinajstić information content (AvgIpc) is 4.13. The quantitative estimate of drug-likeness (QED) is 0.0262. The van der Waals surface area contributed by atoms with E-state index < -0.39 is 151 Å². The van der Waals surface area contributed by atoms with Crippen LogP contribution in [0.4, 0.5) is 11.8 Å². The molecule has 0 saturated carbocycles. The van der Waals surface area contributed by atoms with Crippen LogP contribution >= 0.6 is 41.4 Å². The van der Waals surface area contributed by atoms with E-state index in [1.165, 1.54) is 41.5 Å². The molecule has 3 fully saturated rings. The van der Waals surface area contributed by atoms with Gasteiger partial charge in [0.05, 0.1) is 44.5 Å². The number of H-pyrrole nitrogens is 2. The molecule has 0 spiro atoms. The first kappa shape index (κ1) is 57.5. The zero-order valence-corrected chi connectivity index (χ0v) is 44.0. The van der Waals surface area contributed by atoms with E-state index in [-0.39, 0.29) is 45.5 Å². The third-order valence-corrected chi connectivity index (χ3v) is 20.7. The Bertz CT molecular complexity index is 3400. The van der Waals surface area contributed by atoms with Crippen molar-refractivity contribution in [3.8, 4) is 0 Å². The molecule has 76 heavy (non-hydrogen) atoms. The molecule has 1 amide bonds. The highest BCUT2D eigenvalue weighted by molar-refractivity contribution is 8.55. The Kier molecular flexibility index (Phi) is 16.5. The minimum atomic E-state index is -6.16. The molecule has 4 unspecified atom stereocenters. The van der Waals surface area contributed by atoms with E-state index in [9.17, 15) is 72.3 Å². The molecule has 3 aliphatic rings. The van der Waals surface area contributed by atoms with Crippen LogP contribution in [0.2, 0.25) is 0 Å². The summed E-state index contributed by atoms with van der Waals surface area (Å²) in [7, 11) is -12.3. The van der Waals surface area contributed by atoms with Gasteiger partial charge in [-0.15, -0.1) is 0 Å². The molecule has 0 aliphatic carbocycles. The van der Waals surface area contributed by atoms with Crippen molar-refractivity contribution in [2.45, 2.75) is 73.5 Å². The standard InChI is InChI=1S/C35H49N13O23P4S/c1-44(2)19(50)7-14-17(69-31(22(14)51)48-13-45(3)21-29(48)42-34(37)43-30(21)54)10-76-75(62,63)71-74(60,61)70-73(58,59)66-9-16-26(25(64-4)33(68-16)47-12-40-20-27(36)38-11-39-28(20)47)72(56,57)65-8-15-23(52)24(53)32(67-15)46-6-5-18(49)41-35(46)55/h5-6,11-17,22-26,31-33,51-53H,7-10H2,1-4H3,(H9-,36,37,38,39,41,42,43,49,54,55,56,57,58,59,60,61,62,63)/t14-,15-,16-,17-,22-,23-,24-,25-,26-,31-,32-,33-/m1/s1. The number of nitrogens with two attached hydrogens (primary N) is 2. The third kappa shape index (κ3) is 11.8. The highest BCUT2D eigenvalue weighted by atomic mass is 32.7. The van der Waals surface area contributed by atoms with Gasteiger partial charge >= 0.3 is 33.8 Å². The molecule has 0 radical (unpaired) electrons. The number of phosphoric acid groups is 2. The van der Waals surface area contributed by atoms with Gasteiger partial charge in [0.25, 0.3) is 17.1 Å². The zero-order chi connectivity index (χ0) is 55.6. The maximum atomic E-state index is 14.2. The summed E-state index contributed by atoms with van der Waals surface area (Å²) in [6.45, 7) is -7.86. The number of hydrogen-bond donors (Lipinski definition) is 10. The van der Waals surface area contributed by atoms with Crippen molar-refractivity contribution in [3.63, 3.8) is 0 Å². The van der Waals surface area contributed by atoms with Crippen molar-refractivity contribution in [2.24, 2.45) is 13.0 Å². The van der Waals surface area contributed by atoms with Crippen LogP contribution in [0.3, 0.4) is 0 Å². The van der Waals surface area contributed by atoms with E-state index in [4.69, 9.17) is 39.5 Å². The predicted octanol–water partition coefficient (Wildman–Crippen LogP) is -3.99. The molecule has 0 aromatic carbocycles. The van der Waals surface area contributed by atoms with Crippen LogP contribution in [-0.2, 0) is 66.7 Å². The number of carbonyl (C=O) groups excluding carboxylic acids is 1. The number of hydrogen-bond acceptors (Lipinski definition) is 27. The largest absolute Gasteiger partial charge is 0.778 e. The van der Waals surface area contributed by atoms with Crippen molar-refractivity contribution in [3.05, 3.63) is 62.4 Å². The molecule has 16 atom stereocenters. The van der Waals surface area contributed by atoms with Crippen LogP contribution < -0.4 is 37.7 Å². The second-order valence-electron chi connectivity index (χ2n) is 17.4. The summed E-state index contributed by atoms with van der Waals surface area (Å²) in [4.78, 5) is 118. The van der Waals surface area contributed by atoms with Crippen molar-refractivity contribution in [1.29, 1.82) is 0 Å². The number of nitrogen functional groups attached to an aromatic ring is 2. The fourth-order valence-corrected chi connectivity index (χ4v) is 16.5. The van der Waals surface area contributed by atoms with E-state index in [2.05, 4.69) is 33.5 Å². The molecular weight excluding hydrogens is 1130 g/mol. The molecule has 5 aromatic rings. The molecule has 0 bridgehead atoms. The summed E-state index contributed by atoms with van der Waals surface area (Å²) in [6, 6.07) is 0.917. The van der Waals surface area contributed by atoms with Crippen LogP contribution in [-0.4, -0.2) is 173 Å². The molecular formula is C35H49N13O23P4S. The summed E-state index contributed by atoms with van der Waals surface area (Å²) >= 11 is -0.0709. The first-order chi connectivity index (χ1) is 35.5. The first-order valence-corrected chi connectivity index (χ1v) is 29.7. The number of rotatable bonds is 20. The van der Waals surface area contributed by atoms with Gasteiger partial charge in [-0.05, 0) is 11.4 Å². The molecule has 36 nitrogen and oxygen atoms in total. The number of anilines is 2. The highest BCUT2D eigenvalue weighted by Crippen LogP contribution is 2.72. The van der Waals surface area contributed by atoms with Crippen molar-refractivity contribution in [2.75, 3.05) is 51.6 Å². The van der Waals surface area contributed by atoms with Gasteiger partial charge in [0.2, 0.25) is 17.7 Å². The molecule has 3 saturated heterocycles. The van der Waals surface area contributed by atoms with Gasteiger partial charge in [-0.3, -0.25) is 42.6 Å². The second-order valence-corrected chi connectivity index (χ2v) is 26.4. The second kappa shape index (κ2) is 21.9. The Hall–Kier alpha value is -4.68. The van der Waals surface area contributed by atoms with Crippen molar-refractivity contribution in [1.82, 2.24) is 48.5 Å². The lowest BCUT2D eigenvalue weighted by Gasteiger charge is -2.35. The van der Waals surface area contributed by atoms with Gasteiger partial charge in [0, 0.05) is 51.6 Å². The van der Waals surface area contributed by atoms with Crippen molar-refractivity contribution >= 4 is 81.4 Å². The third-order valence-electron chi connectivity index (χ3n) is 12.2. The number of amides is 1. The van der Waals surface area contributed by atoms with Gasteiger partial charge in [0.1, 0.15) is 50.0 Å². The maximum absolute atomic E-state index is 14.2. The SMILES string of the molecule is CO[C@@H]1[C@H](P(=O)([O-])OC[C@H]2O[C@@H](n3ccc(=O)[nH]c3=O)[C@H](O)[C@@H]2O)[C@@H](COP(=O)(O)OP(=O)(O)OP(=O)(O)SC[C@H]2O[C@@H]([n+]3cn(C)c4c(=O)[nH]c(N)nc43)[C@H](O)[C@@H]2CC(=O)N(C)C)O[C@H]1n1cnc2c(N)ncnc21. The van der Waals surface area contributed by atoms with Gasteiger partial charge in [-0.2, -0.15) is 8.62 Å². The molecule has 12 N–H and O–H groups in total. The summed E-state index contributed by atoms with van der Waals surface area (Å²) in [5, 5.41) is 33.0. The number of fused-ring (bicyclic) bond motifs is 2. The number of aliphatic hydroxyl groups excluding tert-OH is 3. The number of nitrogens with one attached hydrogen (secondary N) is 2.